The van der Waals surface area contributed by atoms with Gasteiger partial charge < -0.3 is 9.15 Å². The number of rotatable bonds is 7. The highest BCUT2D eigenvalue weighted by Crippen LogP contribution is 2.35. The van der Waals surface area contributed by atoms with E-state index >= 15 is 0 Å². The van der Waals surface area contributed by atoms with Gasteiger partial charge in [0, 0.05) is 37.7 Å². The largest absolute Gasteiger partial charge is 0.420 e. The SMILES string of the molecule is CCC(CC)N1C[C@@H](COC)[C@H](c2nnc(-c3ccccc3)o2)C1. The van der Waals surface area contributed by atoms with Gasteiger partial charge in [0.15, 0.2) is 0 Å². The average Bonchev–Trinajstić information content (AvgIpc) is 3.24. The van der Waals surface area contributed by atoms with E-state index in [1.54, 1.807) is 7.11 Å². The van der Waals surface area contributed by atoms with Crippen LogP contribution in [0, 0.1) is 5.92 Å². The lowest BCUT2D eigenvalue weighted by molar-refractivity contribution is 0.139. The molecule has 0 radical (unpaired) electrons. The van der Waals surface area contributed by atoms with Crippen molar-refractivity contribution >= 4 is 0 Å². The van der Waals surface area contributed by atoms with Crippen LogP contribution in [0.3, 0.4) is 0 Å². The smallest absolute Gasteiger partial charge is 0.247 e. The minimum absolute atomic E-state index is 0.246. The van der Waals surface area contributed by atoms with Gasteiger partial charge in [-0.05, 0) is 25.0 Å². The Morgan fingerprint density at radius 1 is 1.17 bits per heavy atom. The molecule has 24 heavy (non-hydrogen) atoms. The van der Waals surface area contributed by atoms with Crippen LogP contribution >= 0.6 is 0 Å². The Balaban J connectivity index is 1.80. The lowest BCUT2D eigenvalue weighted by Crippen LogP contribution is -2.32. The predicted octanol–water partition coefficient (Wildman–Crippen LogP) is 3.59. The maximum atomic E-state index is 6.02. The summed E-state index contributed by atoms with van der Waals surface area (Å²) in [5.41, 5.74) is 0.967. The topological polar surface area (TPSA) is 51.4 Å². The molecule has 1 aromatic heterocycles. The molecule has 2 aromatic rings. The van der Waals surface area contributed by atoms with E-state index in [1.807, 2.05) is 30.3 Å². The lowest BCUT2D eigenvalue weighted by atomic mass is 9.97. The van der Waals surface area contributed by atoms with Gasteiger partial charge in [-0.2, -0.15) is 0 Å². The molecule has 5 nitrogen and oxygen atoms in total. The summed E-state index contributed by atoms with van der Waals surface area (Å²) in [5, 5.41) is 8.61. The molecule has 0 spiro atoms. The fourth-order valence-electron chi connectivity index (χ4n) is 3.75. The number of methoxy groups -OCH3 is 1. The van der Waals surface area contributed by atoms with Gasteiger partial charge in [0.05, 0.1) is 12.5 Å². The Morgan fingerprint density at radius 2 is 1.92 bits per heavy atom. The van der Waals surface area contributed by atoms with Crippen LogP contribution in [-0.4, -0.2) is 47.9 Å². The summed E-state index contributed by atoms with van der Waals surface area (Å²) in [6.45, 7) is 7.25. The molecule has 1 saturated heterocycles. The normalized spacial score (nSPS) is 21.7. The number of aromatic nitrogens is 2. The molecule has 2 atom stereocenters. The highest BCUT2D eigenvalue weighted by molar-refractivity contribution is 5.51. The Hall–Kier alpha value is -1.72. The van der Waals surface area contributed by atoms with E-state index in [1.165, 1.54) is 12.8 Å². The quantitative estimate of drug-likeness (QED) is 0.777. The van der Waals surface area contributed by atoms with Gasteiger partial charge >= 0.3 is 0 Å². The van der Waals surface area contributed by atoms with E-state index in [4.69, 9.17) is 9.15 Å². The number of nitrogens with zero attached hydrogens (tertiary/aromatic N) is 3. The summed E-state index contributed by atoms with van der Waals surface area (Å²) in [4.78, 5) is 2.56. The highest BCUT2D eigenvalue weighted by Gasteiger charge is 2.39. The molecule has 1 fully saturated rings. The second kappa shape index (κ2) is 7.90. The van der Waals surface area contributed by atoms with Crippen molar-refractivity contribution in [3.8, 4) is 11.5 Å². The van der Waals surface area contributed by atoms with Crippen LogP contribution in [0.2, 0.25) is 0 Å². The van der Waals surface area contributed by atoms with E-state index in [-0.39, 0.29) is 5.92 Å². The van der Waals surface area contributed by atoms with Crippen molar-refractivity contribution in [2.45, 2.75) is 38.6 Å². The molecule has 0 saturated carbocycles. The molecule has 3 rings (SSSR count). The molecule has 0 bridgehead atoms. The van der Waals surface area contributed by atoms with Crippen LogP contribution in [0.25, 0.3) is 11.5 Å². The molecule has 0 N–H and O–H groups in total. The maximum Gasteiger partial charge on any atom is 0.247 e. The van der Waals surface area contributed by atoms with Crippen molar-refractivity contribution in [3.63, 3.8) is 0 Å². The summed E-state index contributed by atoms with van der Waals surface area (Å²) in [6, 6.07) is 10.6. The molecule has 2 heterocycles. The van der Waals surface area contributed by atoms with Gasteiger partial charge in [0.2, 0.25) is 11.8 Å². The second-order valence-corrected chi connectivity index (χ2v) is 6.56. The fourth-order valence-corrected chi connectivity index (χ4v) is 3.75. The van der Waals surface area contributed by atoms with Crippen molar-refractivity contribution in [2.24, 2.45) is 5.92 Å². The fraction of sp³-hybridized carbons (Fsp3) is 0.579. The van der Waals surface area contributed by atoms with Crippen LogP contribution < -0.4 is 0 Å². The first kappa shape index (κ1) is 17.1. The van der Waals surface area contributed by atoms with E-state index in [0.717, 1.165) is 31.2 Å². The van der Waals surface area contributed by atoms with Crippen LogP contribution in [-0.2, 0) is 4.74 Å². The van der Waals surface area contributed by atoms with Gasteiger partial charge in [-0.25, -0.2) is 0 Å². The van der Waals surface area contributed by atoms with Crippen LogP contribution in [0.4, 0.5) is 0 Å². The van der Waals surface area contributed by atoms with E-state index < -0.39 is 0 Å². The van der Waals surface area contributed by atoms with Crippen LogP contribution in [0.1, 0.15) is 38.5 Å². The Morgan fingerprint density at radius 3 is 2.58 bits per heavy atom. The summed E-state index contributed by atoms with van der Waals surface area (Å²) >= 11 is 0. The minimum Gasteiger partial charge on any atom is -0.420 e. The monoisotopic (exact) mass is 329 g/mol. The first-order valence-electron chi connectivity index (χ1n) is 8.88. The number of hydrogen-bond acceptors (Lipinski definition) is 5. The van der Waals surface area contributed by atoms with E-state index in [0.29, 0.717) is 17.9 Å². The van der Waals surface area contributed by atoms with Gasteiger partial charge in [-0.3, -0.25) is 4.90 Å². The van der Waals surface area contributed by atoms with E-state index in [9.17, 15) is 0 Å². The Bertz CT molecular complexity index is 625. The van der Waals surface area contributed by atoms with Crippen molar-refractivity contribution < 1.29 is 9.15 Å². The third-order valence-corrected chi connectivity index (χ3v) is 5.09. The zero-order chi connectivity index (χ0) is 16.9. The molecular formula is C19H27N3O2. The third kappa shape index (κ3) is 3.52. The molecule has 1 aromatic carbocycles. The van der Waals surface area contributed by atoms with Crippen molar-refractivity contribution in [1.82, 2.24) is 15.1 Å². The van der Waals surface area contributed by atoms with Gasteiger partial charge in [0.25, 0.3) is 0 Å². The number of hydrogen-bond donors (Lipinski definition) is 0. The second-order valence-electron chi connectivity index (χ2n) is 6.56. The van der Waals surface area contributed by atoms with Crippen molar-refractivity contribution in [1.29, 1.82) is 0 Å². The summed E-state index contributed by atoms with van der Waals surface area (Å²) in [5.74, 6) is 1.99. The molecule has 0 amide bonds. The molecule has 1 aliphatic heterocycles. The maximum absolute atomic E-state index is 6.02. The summed E-state index contributed by atoms with van der Waals surface area (Å²) in [6.07, 6.45) is 2.34. The van der Waals surface area contributed by atoms with Crippen LogP contribution in [0.15, 0.2) is 34.7 Å². The first-order chi connectivity index (χ1) is 11.8. The summed E-state index contributed by atoms with van der Waals surface area (Å²) in [7, 11) is 1.76. The molecule has 1 aliphatic rings. The molecule has 130 valence electrons. The Labute approximate surface area is 144 Å². The molecule has 0 aliphatic carbocycles. The standard InChI is InChI=1S/C19H27N3O2/c1-4-16(5-2)22-11-15(13-23-3)17(12-22)19-21-20-18(24-19)14-9-7-6-8-10-14/h6-10,15-17H,4-5,11-13H2,1-3H3/t15-,17+/m0/s1. The number of ether oxygens (including phenoxy) is 1. The first-order valence-corrected chi connectivity index (χ1v) is 8.88. The predicted molar refractivity (Wildman–Crippen MR) is 93.8 cm³/mol. The van der Waals surface area contributed by atoms with Gasteiger partial charge in [-0.1, -0.05) is 32.0 Å². The average molecular weight is 329 g/mol. The van der Waals surface area contributed by atoms with Crippen molar-refractivity contribution in [3.05, 3.63) is 36.2 Å². The minimum atomic E-state index is 0.246. The Kier molecular flexibility index (Phi) is 5.63. The molecule has 5 heteroatoms. The van der Waals surface area contributed by atoms with Gasteiger partial charge in [0.1, 0.15) is 0 Å². The molecular weight excluding hydrogens is 302 g/mol. The molecule has 0 unspecified atom stereocenters. The third-order valence-electron chi connectivity index (χ3n) is 5.09. The summed E-state index contributed by atoms with van der Waals surface area (Å²) < 4.78 is 11.5. The number of likely N-dealkylation sites (tertiary alicyclic amines) is 1. The highest BCUT2D eigenvalue weighted by atomic mass is 16.5. The van der Waals surface area contributed by atoms with Gasteiger partial charge in [-0.15, -0.1) is 10.2 Å². The van der Waals surface area contributed by atoms with Crippen LogP contribution in [0.5, 0.6) is 0 Å². The number of benzene rings is 1. The lowest BCUT2D eigenvalue weighted by Gasteiger charge is -2.25. The zero-order valence-corrected chi connectivity index (χ0v) is 14.8. The van der Waals surface area contributed by atoms with Crippen molar-refractivity contribution in [2.75, 3.05) is 26.8 Å². The van der Waals surface area contributed by atoms with E-state index in [2.05, 4.69) is 28.9 Å². The zero-order valence-electron chi connectivity index (χ0n) is 14.8.